The summed E-state index contributed by atoms with van der Waals surface area (Å²) in [7, 11) is 4.01. The van der Waals surface area contributed by atoms with Crippen LogP contribution in [-0.4, -0.2) is 32.5 Å². The van der Waals surface area contributed by atoms with Gasteiger partial charge in [0.2, 0.25) is 0 Å². The predicted octanol–water partition coefficient (Wildman–Crippen LogP) is 1.86. The van der Waals surface area contributed by atoms with Crippen LogP contribution in [0.1, 0.15) is 19.4 Å². The molecule has 0 spiro atoms. The van der Waals surface area contributed by atoms with Crippen molar-refractivity contribution in [1.29, 1.82) is 0 Å². The molecule has 0 bridgehead atoms. The average Bonchev–Trinajstić information content (AvgIpc) is 2.27. The van der Waals surface area contributed by atoms with Crippen LogP contribution in [0.5, 0.6) is 0 Å². The van der Waals surface area contributed by atoms with Crippen LogP contribution < -0.4 is 10.2 Å². The van der Waals surface area contributed by atoms with E-state index in [1.54, 1.807) is 0 Å². The van der Waals surface area contributed by atoms with Gasteiger partial charge < -0.3 is 10.2 Å². The van der Waals surface area contributed by atoms with E-state index in [1.807, 2.05) is 57.1 Å². The van der Waals surface area contributed by atoms with Gasteiger partial charge in [-0.15, -0.1) is 0 Å². The van der Waals surface area contributed by atoms with Crippen molar-refractivity contribution in [2.24, 2.45) is 0 Å². The molecule has 0 aromatic heterocycles. The standard InChI is InChI=1S/C14H22N2O/c1-11(2)15-10-14(17)9-12-5-7-13(8-6-12)16(3)4/h5-8,11,15H,9-10H2,1-4H3. The molecule has 1 aromatic rings. The minimum atomic E-state index is 0.233. The van der Waals surface area contributed by atoms with Crippen LogP contribution in [0.2, 0.25) is 0 Å². The summed E-state index contributed by atoms with van der Waals surface area (Å²) in [5.74, 6) is 0.233. The van der Waals surface area contributed by atoms with Gasteiger partial charge in [-0.2, -0.15) is 0 Å². The Morgan fingerprint density at radius 1 is 1.24 bits per heavy atom. The summed E-state index contributed by atoms with van der Waals surface area (Å²) in [4.78, 5) is 13.7. The molecule has 1 aromatic carbocycles. The Bertz CT molecular complexity index is 355. The number of carbonyl (C=O) groups is 1. The quantitative estimate of drug-likeness (QED) is 0.815. The first-order valence-corrected chi connectivity index (χ1v) is 6.00. The number of benzene rings is 1. The number of ketones is 1. The zero-order valence-corrected chi connectivity index (χ0v) is 11.2. The Labute approximate surface area is 104 Å². The monoisotopic (exact) mass is 234 g/mol. The van der Waals surface area contributed by atoms with Gasteiger partial charge in [-0.25, -0.2) is 0 Å². The summed E-state index contributed by atoms with van der Waals surface area (Å²) in [6.07, 6.45) is 0.507. The highest BCUT2D eigenvalue weighted by atomic mass is 16.1. The third kappa shape index (κ3) is 5.00. The first kappa shape index (κ1) is 13.7. The summed E-state index contributed by atoms with van der Waals surface area (Å²) in [5, 5.41) is 3.14. The van der Waals surface area contributed by atoms with Gasteiger partial charge in [-0.05, 0) is 17.7 Å². The Kier molecular flexibility index (Phi) is 5.16. The maximum atomic E-state index is 11.7. The summed E-state index contributed by atoms with van der Waals surface area (Å²) < 4.78 is 0. The van der Waals surface area contributed by atoms with Crippen LogP contribution in [0.15, 0.2) is 24.3 Å². The number of rotatable bonds is 6. The van der Waals surface area contributed by atoms with Crippen molar-refractivity contribution < 1.29 is 4.79 Å². The lowest BCUT2D eigenvalue weighted by Gasteiger charge is -2.12. The minimum Gasteiger partial charge on any atom is -0.378 e. The van der Waals surface area contributed by atoms with Gasteiger partial charge in [-0.1, -0.05) is 26.0 Å². The predicted molar refractivity (Wildman–Crippen MR) is 72.6 cm³/mol. The molecule has 0 heterocycles. The Morgan fingerprint density at radius 3 is 2.29 bits per heavy atom. The average molecular weight is 234 g/mol. The van der Waals surface area contributed by atoms with E-state index in [4.69, 9.17) is 0 Å². The zero-order chi connectivity index (χ0) is 12.8. The van der Waals surface area contributed by atoms with Crippen molar-refractivity contribution in [2.75, 3.05) is 25.5 Å². The highest BCUT2D eigenvalue weighted by Gasteiger charge is 2.04. The molecule has 17 heavy (non-hydrogen) atoms. The largest absolute Gasteiger partial charge is 0.378 e. The van der Waals surface area contributed by atoms with Crippen LogP contribution >= 0.6 is 0 Å². The fourth-order valence-corrected chi connectivity index (χ4v) is 1.52. The molecular formula is C14H22N2O. The van der Waals surface area contributed by atoms with Gasteiger partial charge >= 0.3 is 0 Å². The lowest BCUT2D eigenvalue weighted by molar-refractivity contribution is -0.117. The number of hydrogen-bond donors (Lipinski definition) is 1. The lowest BCUT2D eigenvalue weighted by atomic mass is 10.1. The maximum absolute atomic E-state index is 11.7. The van der Waals surface area contributed by atoms with Crippen molar-refractivity contribution in [3.05, 3.63) is 29.8 Å². The first-order valence-electron chi connectivity index (χ1n) is 6.00. The number of carbonyl (C=O) groups excluding carboxylic acids is 1. The Balaban J connectivity index is 2.48. The molecule has 0 saturated heterocycles. The van der Waals surface area contributed by atoms with Gasteiger partial charge in [-0.3, -0.25) is 4.79 Å². The third-order valence-corrected chi connectivity index (χ3v) is 2.56. The molecule has 3 heteroatoms. The van der Waals surface area contributed by atoms with Gasteiger partial charge in [0.25, 0.3) is 0 Å². The molecule has 0 radical (unpaired) electrons. The fourth-order valence-electron chi connectivity index (χ4n) is 1.52. The van der Waals surface area contributed by atoms with Crippen molar-refractivity contribution in [3.8, 4) is 0 Å². The Morgan fingerprint density at radius 2 is 1.82 bits per heavy atom. The van der Waals surface area contributed by atoms with Crippen molar-refractivity contribution >= 4 is 11.5 Å². The lowest BCUT2D eigenvalue weighted by Crippen LogP contribution is -2.29. The second-order valence-electron chi connectivity index (χ2n) is 4.81. The van der Waals surface area contributed by atoms with E-state index < -0.39 is 0 Å². The second-order valence-corrected chi connectivity index (χ2v) is 4.81. The van der Waals surface area contributed by atoms with E-state index in [1.165, 1.54) is 0 Å². The van der Waals surface area contributed by atoms with E-state index in [0.29, 0.717) is 19.0 Å². The zero-order valence-electron chi connectivity index (χ0n) is 11.2. The topological polar surface area (TPSA) is 32.3 Å². The van der Waals surface area contributed by atoms with Crippen LogP contribution in [0.25, 0.3) is 0 Å². The molecule has 0 saturated carbocycles. The van der Waals surface area contributed by atoms with E-state index >= 15 is 0 Å². The number of hydrogen-bond acceptors (Lipinski definition) is 3. The molecule has 0 amide bonds. The van der Waals surface area contributed by atoms with E-state index in [-0.39, 0.29) is 5.78 Å². The molecule has 0 unspecified atom stereocenters. The molecule has 0 fully saturated rings. The molecule has 0 aliphatic rings. The van der Waals surface area contributed by atoms with E-state index in [9.17, 15) is 4.79 Å². The third-order valence-electron chi connectivity index (χ3n) is 2.56. The number of nitrogens with one attached hydrogen (secondary N) is 1. The van der Waals surface area contributed by atoms with E-state index in [0.717, 1.165) is 11.3 Å². The van der Waals surface area contributed by atoms with Gasteiger partial charge in [0.15, 0.2) is 5.78 Å². The highest BCUT2D eigenvalue weighted by Crippen LogP contribution is 2.12. The number of Topliss-reactive ketones (excluding diaryl/α,β-unsaturated/α-hetero) is 1. The molecule has 1 N–H and O–H groups in total. The fraction of sp³-hybridized carbons (Fsp3) is 0.500. The summed E-state index contributed by atoms with van der Waals surface area (Å²) >= 11 is 0. The van der Waals surface area contributed by atoms with Crippen molar-refractivity contribution in [1.82, 2.24) is 5.32 Å². The van der Waals surface area contributed by atoms with Crippen LogP contribution in [-0.2, 0) is 11.2 Å². The number of anilines is 1. The van der Waals surface area contributed by atoms with E-state index in [2.05, 4.69) is 5.32 Å². The molecule has 1 rings (SSSR count). The normalized spacial score (nSPS) is 10.6. The SMILES string of the molecule is CC(C)NCC(=O)Cc1ccc(N(C)C)cc1. The minimum absolute atomic E-state index is 0.233. The van der Waals surface area contributed by atoms with Crippen LogP contribution in [0, 0.1) is 0 Å². The van der Waals surface area contributed by atoms with Crippen molar-refractivity contribution in [2.45, 2.75) is 26.3 Å². The molecule has 0 atom stereocenters. The highest BCUT2D eigenvalue weighted by molar-refractivity contribution is 5.82. The molecule has 0 aliphatic heterocycles. The Hall–Kier alpha value is -1.35. The first-order chi connectivity index (χ1) is 7.99. The van der Waals surface area contributed by atoms with Crippen molar-refractivity contribution in [3.63, 3.8) is 0 Å². The van der Waals surface area contributed by atoms with Gasteiger partial charge in [0, 0.05) is 32.2 Å². The van der Waals surface area contributed by atoms with Crippen LogP contribution in [0.3, 0.4) is 0 Å². The van der Waals surface area contributed by atoms with Crippen LogP contribution in [0.4, 0.5) is 5.69 Å². The molecule has 0 aliphatic carbocycles. The summed E-state index contributed by atoms with van der Waals surface area (Å²) in [6, 6.07) is 8.47. The number of nitrogens with zero attached hydrogens (tertiary/aromatic N) is 1. The maximum Gasteiger partial charge on any atom is 0.150 e. The van der Waals surface area contributed by atoms with Gasteiger partial charge in [0.05, 0.1) is 6.54 Å². The molecule has 94 valence electrons. The summed E-state index contributed by atoms with van der Waals surface area (Å²) in [6.45, 7) is 4.53. The summed E-state index contributed by atoms with van der Waals surface area (Å²) in [5.41, 5.74) is 2.23. The smallest absolute Gasteiger partial charge is 0.150 e. The molecule has 3 nitrogen and oxygen atoms in total. The molecular weight excluding hydrogens is 212 g/mol. The van der Waals surface area contributed by atoms with Gasteiger partial charge in [0.1, 0.15) is 0 Å². The second kappa shape index (κ2) is 6.40.